The van der Waals surface area contributed by atoms with E-state index >= 15 is 0 Å². The predicted octanol–water partition coefficient (Wildman–Crippen LogP) is 6.16. The fourth-order valence-corrected chi connectivity index (χ4v) is 7.03. The van der Waals surface area contributed by atoms with E-state index in [9.17, 15) is 9.59 Å². The van der Waals surface area contributed by atoms with Gasteiger partial charge in [-0.3, -0.25) is 9.69 Å². The second-order valence-corrected chi connectivity index (χ2v) is 12.1. The van der Waals surface area contributed by atoms with Crippen LogP contribution in [0.1, 0.15) is 34.3 Å². The number of nitrogens with zero attached hydrogens (tertiary/aromatic N) is 3. The van der Waals surface area contributed by atoms with Crippen molar-refractivity contribution in [3.8, 4) is 5.75 Å². The molecule has 7 nitrogen and oxygen atoms in total. The zero-order chi connectivity index (χ0) is 27.8. The van der Waals surface area contributed by atoms with Crippen LogP contribution in [0.15, 0.2) is 60.7 Å². The van der Waals surface area contributed by atoms with Crippen LogP contribution < -0.4 is 14.5 Å². The second kappa shape index (κ2) is 11.5. The minimum absolute atomic E-state index is 0.133. The Kier molecular flexibility index (Phi) is 7.86. The average Bonchev–Trinajstić information content (AvgIpc) is 3.71. The Bertz CT molecular complexity index is 1430. The van der Waals surface area contributed by atoms with Crippen molar-refractivity contribution in [2.24, 2.45) is 0 Å². The molecule has 40 heavy (non-hydrogen) atoms. The number of hydrogen-bond acceptors (Lipinski definition) is 6. The Labute approximate surface area is 247 Å². The summed E-state index contributed by atoms with van der Waals surface area (Å²) in [6.07, 6.45) is 2.45. The Morgan fingerprint density at radius 1 is 0.950 bits per heavy atom. The lowest BCUT2D eigenvalue weighted by Crippen LogP contribution is -2.52. The molecule has 1 atom stereocenters. The van der Waals surface area contributed by atoms with Gasteiger partial charge in [-0.2, -0.15) is 0 Å². The fourth-order valence-electron chi connectivity index (χ4n) is 5.35. The summed E-state index contributed by atoms with van der Waals surface area (Å²) >= 11 is 15.1. The van der Waals surface area contributed by atoms with Gasteiger partial charge in [0.05, 0.1) is 23.0 Å². The number of benzene rings is 3. The van der Waals surface area contributed by atoms with Crippen molar-refractivity contribution in [1.82, 2.24) is 4.90 Å². The van der Waals surface area contributed by atoms with Crippen molar-refractivity contribution in [2.75, 3.05) is 34.5 Å². The highest BCUT2D eigenvalue weighted by Crippen LogP contribution is 2.41. The lowest BCUT2D eigenvalue weighted by Gasteiger charge is -2.39. The van der Waals surface area contributed by atoms with Crippen molar-refractivity contribution in [1.29, 1.82) is 0 Å². The number of aromatic carboxylic acids is 1. The van der Waals surface area contributed by atoms with Gasteiger partial charge in [0.1, 0.15) is 12.4 Å². The number of anilines is 2. The van der Waals surface area contributed by atoms with E-state index in [4.69, 9.17) is 33.0 Å². The molecule has 6 rings (SSSR count). The first-order valence-electron chi connectivity index (χ1n) is 13.3. The lowest BCUT2D eigenvalue weighted by atomic mass is 10.1. The molecule has 3 aromatic rings. The summed E-state index contributed by atoms with van der Waals surface area (Å²) in [5, 5.41) is 10.2. The van der Waals surface area contributed by atoms with Gasteiger partial charge < -0.3 is 19.6 Å². The van der Waals surface area contributed by atoms with E-state index in [0.29, 0.717) is 34.9 Å². The molecule has 208 valence electrons. The SMILES string of the molecule is O=C(O)c1ccc(OCc2cc(Cl)c(CN3CSCC3C(=O)N3CCN(C4CC4)c4ccccc43)cc2Cl)cc1. The molecule has 1 amide bonds. The minimum atomic E-state index is -0.988. The highest BCUT2D eigenvalue weighted by molar-refractivity contribution is 7.99. The van der Waals surface area contributed by atoms with E-state index in [1.807, 2.05) is 17.0 Å². The molecule has 1 aliphatic carbocycles. The van der Waals surface area contributed by atoms with Crippen LogP contribution in [0, 0.1) is 0 Å². The van der Waals surface area contributed by atoms with E-state index in [0.717, 1.165) is 40.7 Å². The molecule has 2 heterocycles. The molecular weight excluding hydrogens is 569 g/mol. The number of carbonyl (C=O) groups excluding carboxylic acids is 1. The lowest BCUT2D eigenvalue weighted by molar-refractivity contribution is -0.122. The smallest absolute Gasteiger partial charge is 0.335 e. The molecule has 1 saturated heterocycles. The fraction of sp³-hybridized carbons (Fsp3) is 0.333. The normalized spacial score (nSPS) is 19.0. The summed E-state index contributed by atoms with van der Waals surface area (Å²) in [6, 6.07) is 18.5. The van der Waals surface area contributed by atoms with Crippen LogP contribution >= 0.6 is 35.0 Å². The van der Waals surface area contributed by atoms with Crippen LogP contribution in [0.4, 0.5) is 11.4 Å². The number of carboxylic acid groups (broad SMARTS) is 1. The third kappa shape index (κ3) is 5.63. The first kappa shape index (κ1) is 27.3. The van der Waals surface area contributed by atoms with Crippen LogP contribution in [0.3, 0.4) is 0 Å². The van der Waals surface area contributed by atoms with Gasteiger partial charge in [0.2, 0.25) is 5.91 Å². The van der Waals surface area contributed by atoms with Crippen LogP contribution in [0.5, 0.6) is 5.75 Å². The summed E-state index contributed by atoms with van der Waals surface area (Å²) in [7, 11) is 0. The molecule has 1 unspecified atom stereocenters. The number of ether oxygens (including phenoxy) is 1. The molecule has 0 radical (unpaired) electrons. The van der Waals surface area contributed by atoms with Gasteiger partial charge in [-0.1, -0.05) is 35.3 Å². The highest BCUT2D eigenvalue weighted by atomic mass is 35.5. The topological polar surface area (TPSA) is 73.3 Å². The van der Waals surface area contributed by atoms with Gasteiger partial charge in [0.15, 0.2) is 0 Å². The summed E-state index contributed by atoms with van der Waals surface area (Å²) in [4.78, 5) is 31.5. The largest absolute Gasteiger partial charge is 0.489 e. The van der Waals surface area contributed by atoms with E-state index in [1.165, 1.54) is 25.0 Å². The molecule has 3 aliphatic rings. The number of thioether (sulfide) groups is 1. The Hall–Kier alpha value is -2.91. The molecule has 3 aromatic carbocycles. The molecule has 10 heteroatoms. The van der Waals surface area contributed by atoms with Gasteiger partial charge in [-0.05, 0) is 66.9 Å². The number of fused-ring (bicyclic) bond motifs is 1. The molecule has 0 spiro atoms. The van der Waals surface area contributed by atoms with Crippen LogP contribution in [-0.2, 0) is 17.9 Å². The Balaban J connectivity index is 1.13. The molecule has 0 aromatic heterocycles. The molecular formula is C30H29Cl2N3O4S. The van der Waals surface area contributed by atoms with Crippen molar-refractivity contribution >= 4 is 58.2 Å². The Morgan fingerprint density at radius 2 is 1.65 bits per heavy atom. The summed E-state index contributed by atoms with van der Waals surface area (Å²) in [5.41, 5.74) is 3.95. The molecule has 1 saturated carbocycles. The number of carboxylic acids is 1. The monoisotopic (exact) mass is 597 g/mol. The summed E-state index contributed by atoms with van der Waals surface area (Å²) in [5.74, 6) is 1.16. The third-order valence-electron chi connectivity index (χ3n) is 7.64. The first-order valence-corrected chi connectivity index (χ1v) is 15.2. The number of halogens is 2. The maximum atomic E-state index is 13.9. The summed E-state index contributed by atoms with van der Waals surface area (Å²) < 4.78 is 5.80. The predicted molar refractivity (Wildman–Crippen MR) is 160 cm³/mol. The van der Waals surface area contributed by atoms with Gasteiger partial charge in [-0.15, -0.1) is 11.8 Å². The highest BCUT2D eigenvalue weighted by Gasteiger charge is 2.40. The van der Waals surface area contributed by atoms with E-state index in [2.05, 4.69) is 28.0 Å². The van der Waals surface area contributed by atoms with Crippen molar-refractivity contribution in [2.45, 2.75) is 38.1 Å². The van der Waals surface area contributed by atoms with Crippen LogP contribution in [-0.4, -0.2) is 58.7 Å². The van der Waals surface area contributed by atoms with Crippen LogP contribution in [0.25, 0.3) is 0 Å². The molecule has 0 bridgehead atoms. The van der Waals surface area contributed by atoms with Crippen LogP contribution in [0.2, 0.25) is 10.0 Å². The number of amides is 1. The number of rotatable bonds is 8. The van der Waals surface area contributed by atoms with Gasteiger partial charge >= 0.3 is 5.97 Å². The van der Waals surface area contributed by atoms with Gasteiger partial charge in [0, 0.05) is 52.9 Å². The van der Waals surface area contributed by atoms with E-state index in [1.54, 1.807) is 30.0 Å². The maximum Gasteiger partial charge on any atom is 0.335 e. The quantitative estimate of drug-likeness (QED) is 0.333. The molecule has 2 fully saturated rings. The second-order valence-electron chi connectivity index (χ2n) is 10.3. The average molecular weight is 599 g/mol. The number of para-hydroxylation sites is 2. The maximum absolute atomic E-state index is 13.9. The molecule has 2 aliphatic heterocycles. The van der Waals surface area contributed by atoms with E-state index < -0.39 is 5.97 Å². The number of carbonyl (C=O) groups is 2. The Morgan fingerprint density at radius 3 is 2.38 bits per heavy atom. The summed E-state index contributed by atoms with van der Waals surface area (Å²) in [6.45, 7) is 2.27. The standard InChI is InChI=1S/C30H29Cl2N3O4S/c31-24-14-21(16-39-23-9-5-19(6-10-23)30(37)38)25(32)13-20(24)15-33-18-40-17-28(33)29(36)35-12-11-34(22-7-8-22)26-3-1-2-4-27(26)35/h1-6,9-10,13-14,22,28H,7-8,11-12,15-18H2,(H,37,38). The van der Waals surface area contributed by atoms with Crippen molar-refractivity contribution in [3.05, 3.63) is 87.4 Å². The number of hydrogen-bond donors (Lipinski definition) is 1. The van der Waals surface area contributed by atoms with Gasteiger partial charge in [0.25, 0.3) is 0 Å². The van der Waals surface area contributed by atoms with Crippen molar-refractivity contribution in [3.63, 3.8) is 0 Å². The zero-order valence-electron chi connectivity index (χ0n) is 21.8. The minimum Gasteiger partial charge on any atom is -0.489 e. The van der Waals surface area contributed by atoms with Gasteiger partial charge in [-0.25, -0.2) is 4.79 Å². The molecule has 1 N–H and O–H groups in total. The first-order chi connectivity index (χ1) is 19.4. The zero-order valence-corrected chi connectivity index (χ0v) is 24.1. The van der Waals surface area contributed by atoms with E-state index in [-0.39, 0.29) is 24.1 Å². The van der Waals surface area contributed by atoms with Crippen molar-refractivity contribution < 1.29 is 19.4 Å². The third-order valence-corrected chi connectivity index (χ3v) is 9.41.